The molecule has 0 radical (unpaired) electrons. The molecule has 0 aliphatic carbocycles. The highest BCUT2D eigenvalue weighted by atomic mass is 35.5. The van der Waals surface area contributed by atoms with Crippen LogP contribution in [0.4, 0.5) is 14.7 Å². The van der Waals surface area contributed by atoms with Crippen molar-refractivity contribution >= 4 is 29.4 Å². The van der Waals surface area contributed by atoms with E-state index >= 15 is 0 Å². The summed E-state index contributed by atoms with van der Waals surface area (Å²) >= 11 is 6.00. The molecule has 1 heterocycles. The van der Waals surface area contributed by atoms with E-state index in [0.29, 0.717) is 17.9 Å². The highest BCUT2D eigenvalue weighted by molar-refractivity contribution is 6.30. The maximum atomic E-state index is 13.8. The molecular formula is C28H25ClF2N4O2. The van der Waals surface area contributed by atoms with Crippen molar-refractivity contribution in [1.29, 1.82) is 0 Å². The molecule has 4 aromatic rings. The minimum atomic E-state index is -0.567. The Morgan fingerprint density at radius 1 is 1.03 bits per heavy atom. The molecule has 0 saturated carbocycles. The van der Waals surface area contributed by atoms with Gasteiger partial charge in [0.15, 0.2) is 0 Å². The van der Waals surface area contributed by atoms with Crippen molar-refractivity contribution in [3.63, 3.8) is 0 Å². The van der Waals surface area contributed by atoms with Crippen molar-refractivity contribution in [2.75, 3.05) is 18.4 Å². The molecule has 37 heavy (non-hydrogen) atoms. The normalized spacial score (nSPS) is 11.0. The van der Waals surface area contributed by atoms with E-state index in [1.807, 2.05) is 44.2 Å². The molecule has 4 rings (SSSR count). The molecule has 1 aromatic heterocycles. The van der Waals surface area contributed by atoms with Crippen molar-refractivity contribution < 1.29 is 18.4 Å². The van der Waals surface area contributed by atoms with E-state index in [1.54, 1.807) is 10.8 Å². The average Bonchev–Trinajstić information content (AvgIpc) is 3.29. The zero-order valence-corrected chi connectivity index (χ0v) is 21.0. The van der Waals surface area contributed by atoms with Gasteiger partial charge in [-0.1, -0.05) is 55.8 Å². The van der Waals surface area contributed by atoms with Crippen LogP contribution in [0, 0.1) is 17.6 Å². The third kappa shape index (κ3) is 6.40. The van der Waals surface area contributed by atoms with Crippen LogP contribution in [-0.2, 0) is 4.79 Å². The lowest BCUT2D eigenvalue weighted by Gasteiger charge is -2.24. The molecule has 0 saturated heterocycles. The van der Waals surface area contributed by atoms with Crippen molar-refractivity contribution in [3.05, 3.63) is 101 Å². The fourth-order valence-corrected chi connectivity index (χ4v) is 4.00. The number of anilines is 1. The Labute approximate surface area is 218 Å². The Balaban J connectivity index is 1.63. The van der Waals surface area contributed by atoms with Crippen molar-refractivity contribution in [1.82, 2.24) is 14.5 Å². The van der Waals surface area contributed by atoms with E-state index < -0.39 is 17.5 Å². The van der Waals surface area contributed by atoms with Crippen LogP contribution in [0.5, 0.6) is 0 Å². The first kappa shape index (κ1) is 26.0. The molecule has 0 spiro atoms. The summed E-state index contributed by atoms with van der Waals surface area (Å²) in [7, 11) is 0. The number of hydrogen-bond donors (Lipinski definition) is 1. The summed E-state index contributed by atoms with van der Waals surface area (Å²) in [5, 5.41) is 2.70. The summed E-state index contributed by atoms with van der Waals surface area (Å²) in [4.78, 5) is 32.2. The summed E-state index contributed by atoms with van der Waals surface area (Å²) in [5.74, 6) is -1.61. The molecule has 1 N–H and O–H groups in total. The molecule has 6 nitrogen and oxygen atoms in total. The first-order valence-electron chi connectivity index (χ1n) is 11.7. The summed E-state index contributed by atoms with van der Waals surface area (Å²) in [5.41, 5.74) is 2.18. The fraction of sp³-hybridized carbons (Fsp3) is 0.179. The molecule has 0 unspecified atom stereocenters. The third-order valence-electron chi connectivity index (χ3n) is 5.51. The van der Waals surface area contributed by atoms with Gasteiger partial charge in [-0.3, -0.25) is 19.5 Å². The van der Waals surface area contributed by atoms with Crippen molar-refractivity contribution in [3.8, 4) is 16.9 Å². The number of nitrogens with zero attached hydrogens (tertiary/aromatic N) is 3. The number of imidazole rings is 1. The van der Waals surface area contributed by atoms with E-state index in [1.165, 1.54) is 47.4 Å². The number of halogens is 3. The van der Waals surface area contributed by atoms with E-state index in [9.17, 15) is 18.4 Å². The molecule has 0 bridgehead atoms. The van der Waals surface area contributed by atoms with Crippen molar-refractivity contribution in [2.45, 2.75) is 13.8 Å². The molecule has 0 aliphatic rings. The second-order valence-electron chi connectivity index (χ2n) is 8.92. The number of carbonyl (C=O) groups is 2. The Hall–Kier alpha value is -4.04. The first-order valence-corrected chi connectivity index (χ1v) is 12.0. The number of amides is 2. The van der Waals surface area contributed by atoms with Gasteiger partial charge < -0.3 is 4.90 Å². The summed E-state index contributed by atoms with van der Waals surface area (Å²) in [6.07, 6.45) is 1.71. The summed E-state index contributed by atoms with van der Waals surface area (Å²) in [6.45, 7) is 3.94. The maximum absolute atomic E-state index is 13.8. The van der Waals surface area contributed by atoms with Crippen LogP contribution < -0.4 is 5.32 Å². The van der Waals surface area contributed by atoms with Crippen LogP contribution in [-0.4, -0.2) is 39.4 Å². The predicted molar refractivity (Wildman–Crippen MR) is 140 cm³/mol. The zero-order valence-electron chi connectivity index (χ0n) is 20.3. The standard InChI is InChI=1S/C28H25ClF2N4O2/c1-18(2)15-34(27(37)20-8-10-21(30)11-9-20)17-26(36)33-28-32-25(19-6-4-3-5-7-19)16-35(28)22-12-13-24(31)23(29)14-22/h3-14,16,18H,15,17H2,1-2H3,(H,32,33,36). The van der Waals surface area contributed by atoms with E-state index in [0.717, 1.165) is 5.56 Å². The molecule has 0 aliphatic heterocycles. The minimum Gasteiger partial charge on any atom is -0.329 e. The molecule has 3 aromatic carbocycles. The average molecular weight is 523 g/mol. The highest BCUT2D eigenvalue weighted by Crippen LogP contribution is 2.26. The lowest BCUT2D eigenvalue weighted by molar-refractivity contribution is -0.117. The molecule has 2 amide bonds. The van der Waals surface area contributed by atoms with Crippen molar-refractivity contribution in [2.24, 2.45) is 5.92 Å². The molecular weight excluding hydrogens is 498 g/mol. The topological polar surface area (TPSA) is 67.2 Å². The van der Waals surface area contributed by atoms with Crippen LogP contribution in [0.3, 0.4) is 0 Å². The third-order valence-corrected chi connectivity index (χ3v) is 5.80. The Morgan fingerprint density at radius 3 is 2.38 bits per heavy atom. The van der Waals surface area contributed by atoms with Gasteiger partial charge in [0.2, 0.25) is 11.9 Å². The Kier molecular flexibility index (Phi) is 7.98. The van der Waals surface area contributed by atoms with Crippen LogP contribution in [0.15, 0.2) is 79.0 Å². The van der Waals surface area contributed by atoms with E-state index in [-0.39, 0.29) is 34.9 Å². The number of nitrogens with one attached hydrogen (secondary N) is 1. The predicted octanol–water partition coefficient (Wildman–Crippen LogP) is 6.21. The van der Waals surface area contributed by atoms with Gasteiger partial charge >= 0.3 is 0 Å². The van der Waals surface area contributed by atoms with Gasteiger partial charge in [-0.15, -0.1) is 0 Å². The van der Waals surface area contributed by atoms with E-state index in [4.69, 9.17) is 11.6 Å². The van der Waals surface area contributed by atoms with Gasteiger partial charge in [-0.05, 0) is 48.4 Å². The summed E-state index contributed by atoms with van der Waals surface area (Å²) in [6, 6.07) is 18.7. The monoisotopic (exact) mass is 522 g/mol. The number of rotatable bonds is 8. The van der Waals surface area contributed by atoms with Gasteiger partial charge in [-0.2, -0.15) is 0 Å². The lowest BCUT2D eigenvalue weighted by Crippen LogP contribution is -2.40. The number of aromatic nitrogens is 2. The highest BCUT2D eigenvalue weighted by Gasteiger charge is 2.22. The fourth-order valence-electron chi connectivity index (χ4n) is 3.82. The minimum absolute atomic E-state index is 0.0715. The molecule has 0 atom stereocenters. The van der Waals surface area contributed by atoms with Gasteiger partial charge in [0.05, 0.1) is 16.4 Å². The molecule has 190 valence electrons. The smallest absolute Gasteiger partial charge is 0.254 e. The number of hydrogen-bond acceptors (Lipinski definition) is 3. The molecule has 0 fully saturated rings. The number of benzene rings is 3. The molecule has 9 heteroatoms. The largest absolute Gasteiger partial charge is 0.329 e. The Morgan fingerprint density at radius 2 is 1.73 bits per heavy atom. The van der Waals surface area contributed by atoms with Crippen LogP contribution in [0.25, 0.3) is 16.9 Å². The SMILES string of the molecule is CC(C)CN(CC(=O)Nc1nc(-c2ccccc2)cn1-c1ccc(F)c(Cl)c1)C(=O)c1ccc(F)cc1. The van der Waals surface area contributed by atoms with Gasteiger partial charge in [0, 0.05) is 23.9 Å². The van der Waals surface area contributed by atoms with E-state index in [2.05, 4.69) is 10.3 Å². The second-order valence-corrected chi connectivity index (χ2v) is 9.33. The maximum Gasteiger partial charge on any atom is 0.254 e. The van der Waals surface area contributed by atoms with Crippen LogP contribution >= 0.6 is 11.6 Å². The Bertz CT molecular complexity index is 1410. The van der Waals surface area contributed by atoms with Gasteiger partial charge in [-0.25, -0.2) is 13.8 Å². The van der Waals surface area contributed by atoms with Crippen LogP contribution in [0.1, 0.15) is 24.2 Å². The second kappa shape index (κ2) is 11.3. The quantitative estimate of drug-likeness (QED) is 0.299. The first-order chi connectivity index (χ1) is 17.7. The van der Waals surface area contributed by atoms with Gasteiger partial charge in [0.1, 0.15) is 18.2 Å². The number of carbonyl (C=O) groups excluding carboxylic acids is 2. The zero-order chi connectivity index (χ0) is 26.5. The van der Waals surface area contributed by atoms with Crippen LogP contribution in [0.2, 0.25) is 5.02 Å². The van der Waals surface area contributed by atoms with Gasteiger partial charge in [0.25, 0.3) is 5.91 Å². The lowest BCUT2D eigenvalue weighted by atomic mass is 10.1. The summed E-state index contributed by atoms with van der Waals surface area (Å²) < 4.78 is 28.7.